The van der Waals surface area contributed by atoms with Crippen LogP contribution in [0.5, 0.6) is 0 Å². The summed E-state index contributed by atoms with van der Waals surface area (Å²) in [5, 5.41) is 0. The van der Waals surface area contributed by atoms with Gasteiger partial charge in [-0.25, -0.2) is 0 Å². The highest BCUT2D eigenvalue weighted by atomic mass is 16.2. The molecule has 0 heterocycles. The maximum absolute atomic E-state index is 12.8. The topological polar surface area (TPSA) is 54.5 Å². The molecule has 2 rings (SSSR count). The number of anilines is 1. The second kappa shape index (κ2) is 6.79. The molecule has 0 fully saturated rings. The van der Waals surface area contributed by atoms with Gasteiger partial charge in [-0.15, -0.1) is 0 Å². The molecule has 132 valence electrons. The number of nitrogens with zero attached hydrogens (tertiary/aromatic N) is 1. The first-order chi connectivity index (χ1) is 11.6. The van der Waals surface area contributed by atoms with Crippen LogP contribution in [0.2, 0.25) is 0 Å². The number of para-hydroxylation sites is 1. The normalized spacial score (nSPS) is 15.8. The van der Waals surface area contributed by atoms with Crippen LogP contribution < -0.4 is 4.90 Å². The molecule has 1 aliphatic carbocycles. The van der Waals surface area contributed by atoms with Gasteiger partial charge in [0.05, 0.1) is 0 Å². The largest absolute Gasteiger partial charge is 0.315 e. The number of benzene rings is 1. The Morgan fingerprint density at radius 1 is 0.920 bits per heavy atom. The SMILES string of the molecule is CC1=C(C)C(=O)C(C(C)(C)CC(=O)N(C)c2ccccc2)=C(C)C1=O. The fraction of sp³-hybridized carbons (Fsp3) is 0.381. The van der Waals surface area contributed by atoms with Crippen LogP contribution in [0.1, 0.15) is 41.0 Å². The summed E-state index contributed by atoms with van der Waals surface area (Å²) in [6, 6.07) is 9.36. The lowest BCUT2D eigenvalue weighted by atomic mass is 9.71. The van der Waals surface area contributed by atoms with E-state index in [0.29, 0.717) is 22.3 Å². The number of hydrogen-bond donors (Lipinski definition) is 0. The van der Waals surface area contributed by atoms with E-state index in [1.54, 1.807) is 32.7 Å². The van der Waals surface area contributed by atoms with Crippen LogP contribution in [-0.4, -0.2) is 24.5 Å². The van der Waals surface area contributed by atoms with Gasteiger partial charge in [-0.1, -0.05) is 32.0 Å². The minimum absolute atomic E-state index is 0.0966. The number of carbonyl (C=O) groups is 3. The quantitative estimate of drug-likeness (QED) is 0.783. The van der Waals surface area contributed by atoms with E-state index in [0.717, 1.165) is 5.69 Å². The molecule has 1 aliphatic rings. The molecule has 1 amide bonds. The van der Waals surface area contributed by atoms with Crippen LogP contribution in [-0.2, 0) is 14.4 Å². The third-order valence-corrected chi connectivity index (χ3v) is 4.97. The van der Waals surface area contributed by atoms with E-state index in [1.165, 1.54) is 0 Å². The Morgan fingerprint density at radius 3 is 2.00 bits per heavy atom. The lowest BCUT2D eigenvalue weighted by molar-refractivity contribution is -0.121. The van der Waals surface area contributed by atoms with E-state index in [-0.39, 0.29) is 23.9 Å². The molecule has 0 radical (unpaired) electrons. The highest BCUT2D eigenvalue weighted by Gasteiger charge is 2.38. The van der Waals surface area contributed by atoms with Crippen molar-refractivity contribution in [1.29, 1.82) is 0 Å². The molecular weight excluding hydrogens is 314 g/mol. The Morgan fingerprint density at radius 2 is 1.44 bits per heavy atom. The van der Waals surface area contributed by atoms with Gasteiger partial charge in [0.25, 0.3) is 0 Å². The van der Waals surface area contributed by atoms with E-state index < -0.39 is 5.41 Å². The average molecular weight is 339 g/mol. The molecule has 0 atom stereocenters. The van der Waals surface area contributed by atoms with Crippen molar-refractivity contribution in [1.82, 2.24) is 0 Å². The summed E-state index contributed by atoms with van der Waals surface area (Å²) in [5.74, 6) is -0.334. The predicted octanol–water partition coefficient (Wildman–Crippen LogP) is 3.87. The van der Waals surface area contributed by atoms with Crippen molar-refractivity contribution < 1.29 is 14.4 Å². The molecule has 4 nitrogen and oxygen atoms in total. The van der Waals surface area contributed by atoms with Gasteiger partial charge in [0, 0.05) is 46.9 Å². The number of Topliss-reactive ketones (excluding diaryl/α,β-unsaturated/α-hetero) is 2. The Balaban J connectivity index is 2.31. The van der Waals surface area contributed by atoms with Gasteiger partial charge in [-0.2, -0.15) is 0 Å². The molecule has 4 heteroatoms. The highest BCUT2D eigenvalue weighted by Crippen LogP contribution is 2.39. The van der Waals surface area contributed by atoms with Gasteiger partial charge in [0.1, 0.15) is 0 Å². The predicted molar refractivity (Wildman–Crippen MR) is 99.3 cm³/mol. The van der Waals surface area contributed by atoms with Crippen molar-refractivity contribution in [3.63, 3.8) is 0 Å². The van der Waals surface area contributed by atoms with Crippen molar-refractivity contribution in [2.24, 2.45) is 5.41 Å². The number of carbonyl (C=O) groups excluding carboxylic acids is 3. The van der Waals surface area contributed by atoms with Gasteiger partial charge in [0.15, 0.2) is 11.6 Å². The summed E-state index contributed by atoms with van der Waals surface area (Å²) in [5.41, 5.74) is 1.95. The second-order valence-electron chi connectivity index (χ2n) is 7.26. The lowest BCUT2D eigenvalue weighted by Gasteiger charge is -2.32. The molecular formula is C21H25NO3. The molecule has 1 aromatic carbocycles. The third kappa shape index (κ3) is 3.48. The zero-order chi connectivity index (χ0) is 18.9. The molecule has 0 aliphatic heterocycles. The standard InChI is InChI=1S/C21H25NO3/c1-13-14(2)20(25)18(15(3)19(13)24)21(4,5)12-17(23)22(6)16-10-8-7-9-11-16/h7-11H,12H2,1-6H3. The summed E-state index contributed by atoms with van der Waals surface area (Å²) in [7, 11) is 1.72. The van der Waals surface area contributed by atoms with Crippen molar-refractivity contribution in [2.75, 3.05) is 11.9 Å². The van der Waals surface area contributed by atoms with Crippen molar-refractivity contribution in [3.05, 3.63) is 52.6 Å². The third-order valence-electron chi connectivity index (χ3n) is 4.97. The molecule has 0 spiro atoms. The van der Waals surface area contributed by atoms with E-state index in [1.807, 2.05) is 44.2 Å². The first-order valence-electron chi connectivity index (χ1n) is 8.37. The van der Waals surface area contributed by atoms with E-state index in [2.05, 4.69) is 0 Å². The number of rotatable bonds is 4. The zero-order valence-corrected chi connectivity index (χ0v) is 15.8. The summed E-state index contributed by atoms with van der Waals surface area (Å²) in [4.78, 5) is 39.5. The van der Waals surface area contributed by atoms with E-state index in [9.17, 15) is 14.4 Å². The Kier molecular flexibility index (Phi) is 5.12. The first-order valence-corrected chi connectivity index (χ1v) is 8.37. The maximum atomic E-state index is 12.8. The van der Waals surface area contributed by atoms with Crippen molar-refractivity contribution in [2.45, 2.75) is 41.0 Å². The maximum Gasteiger partial charge on any atom is 0.227 e. The molecule has 25 heavy (non-hydrogen) atoms. The van der Waals surface area contributed by atoms with Gasteiger partial charge in [-0.05, 0) is 32.9 Å². The smallest absolute Gasteiger partial charge is 0.227 e. The second-order valence-corrected chi connectivity index (χ2v) is 7.26. The molecule has 1 aromatic rings. The van der Waals surface area contributed by atoms with Gasteiger partial charge >= 0.3 is 0 Å². The van der Waals surface area contributed by atoms with Gasteiger partial charge < -0.3 is 4.90 Å². The average Bonchev–Trinajstić information content (AvgIpc) is 2.57. The number of allylic oxidation sites excluding steroid dienone is 4. The van der Waals surface area contributed by atoms with Crippen LogP contribution >= 0.6 is 0 Å². The number of ketones is 2. The summed E-state index contributed by atoms with van der Waals surface area (Å²) in [6.45, 7) is 8.73. The molecule has 0 unspecified atom stereocenters. The minimum atomic E-state index is -0.723. The van der Waals surface area contributed by atoms with E-state index in [4.69, 9.17) is 0 Å². The Hall–Kier alpha value is -2.49. The Bertz CT molecular complexity index is 798. The zero-order valence-electron chi connectivity index (χ0n) is 15.8. The molecule has 0 aromatic heterocycles. The fourth-order valence-corrected chi connectivity index (χ4v) is 3.29. The number of hydrogen-bond acceptors (Lipinski definition) is 3. The van der Waals surface area contributed by atoms with Crippen LogP contribution in [0.15, 0.2) is 52.6 Å². The Labute approximate surface area is 149 Å². The molecule has 0 bridgehead atoms. The van der Waals surface area contributed by atoms with Crippen molar-refractivity contribution in [3.8, 4) is 0 Å². The minimum Gasteiger partial charge on any atom is -0.315 e. The highest BCUT2D eigenvalue weighted by molar-refractivity contribution is 6.25. The van der Waals surface area contributed by atoms with E-state index >= 15 is 0 Å². The van der Waals surface area contributed by atoms with Crippen LogP contribution in [0.3, 0.4) is 0 Å². The first kappa shape index (κ1) is 18.8. The molecule has 0 saturated heterocycles. The molecule has 0 N–H and O–H groups in total. The van der Waals surface area contributed by atoms with Gasteiger partial charge in [0.2, 0.25) is 5.91 Å². The summed E-state index contributed by atoms with van der Waals surface area (Å²) in [6.07, 6.45) is 0.149. The van der Waals surface area contributed by atoms with Crippen LogP contribution in [0, 0.1) is 5.41 Å². The summed E-state index contributed by atoms with van der Waals surface area (Å²) < 4.78 is 0. The van der Waals surface area contributed by atoms with Crippen LogP contribution in [0.4, 0.5) is 5.69 Å². The molecule has 0 saturated carbocycles. The lowest BCUT2D eigenvalue weighted by Crippen LogP contribution is -2.36. The van der Waals surface area contributed by atoms with Crippen LogP contribution in [0.25, 0.3) is 0 Å². The monoisotopic (exact) mass is 339 g/mol. The summed E-state index contributed by atoms with van der Waals surface area (Å²) >= 11 is 0. The van der Waals surface area contributed by atoms with Gasteiger partial charge in [-0.3, -0.25) is 14.4 Å². The number of amides is 1. The van der Waals surface area contributed by atoms with Crippen molar-refractivity contribution >= 4 is 23.2 Å². The fourth-order valence-electron chi connectivity index (χ4n) is 3.29.